The normalized spacial score (nSPS) is 14.2. The van der Waals surface area contributed by atoms with Crippen molar-refractivity contribution < 1.29 is 8.42 Å². The Kier molecular flexibility index (Phi) is 5.63. The smallest absolute Gasteiger partial charge is 0.207 e. The second-order valence-corrected chi connectivity index (χ2v) is 7.65. The molecule has 0 amide bonds. The maximum atomic E-state index is 12.7. The van der Waals surface area contributed by atoms with Crippen LogP contribution in [0.1, 0.15) is 24.1 Å². The fourth-order valence-electron chi connectivity index (χ4n) is 2.27. The Balaban J connectivity index is 2.40. The summed E-state index contributed by atoms with van der Waals surface area (Å²) in [5.41, 5.74) is 1.74. The lowest BCUT2D eigenvalue weighted by Gasteiger charge is -2.24. The molecule has 0 aliphatic rings. The molecule has 0 heterocycles. The lowest BCUT2D eigenvalue weighted by molar-refractivity contribution is 0.498. The van der Waals surface area contributed by atoms with E-state index in [2.05, 4.69) is 11.3 Å². The second-order valence-electron chi connectivity index (χ2n) is 5.53. The van der Waals surface area contributed by atoms with Crippen LogP contribution in [0, 0.1) is 12.8 Å². The van der Waals surface area contributed by atoms with Crippen LogP contribution in [0.25, 0.3) is 0 Å². The van der Waals surface area contributed by atoms with Crippen LogP contribution in [0.15, 0.2) is 66.1 Å². The summed E-state index contributed by atoms with van der Waals surface area (Å²) < 4.78 is 28.1. The molecule has 2 rings (SSSR count). The van der Waals surface area contributed by atoms with Gasteiger partial charge < -0.3 is 0 Å². The van der Waals surface area contributed by atoms with Gasteiger partial charge in [-0.1, -0.05) is 60.5 Å². The number of sulfonamides is 1. The van der Waals surface area contributed by atoms with Gasteiger partial charge in [-0.3, -0.25) is 0 Å². The molecule has 23 heavy (non-hydrogen) atoms. The Morgan fingerprint density at radius 3 is 2.30 bits per heavy atom. The van der Waals surface area contributed by atoms with Gasteiger partial charge in [0.15, 0.2) is 0 Å². The van der Waals surface area contributed by atoms with E-state index >= 15 is 0 Å². The molecule has 2 aromatic rings. The van der Waals surface area contributed by atoms with Crippen molar-refractivity contribution in [2.75, 3.05) is 0 Å². The molecule has 1 N–H and O–H groups in total. The third-order valence-corrected chi connectivity index (χ3v) is 5.55. The maximum Gasteiger partial charge on any atom is 0.241 e. The molecule has 122 valence electrons. The highest BCUT2D eigenvalue weighted by molar-refractivity contribution is 7.89. The Morgan fingerprint density at radius 2 is 1.74 bits per heavy atom. The largest absolute Gasteiger partial charge is 0.241 e. The molecule has 0 bridgehead atoms. The minimum atomic E-state index is -3.65. The van der Waals surface area contributed by atoms with Crippen molar-refractivity contribution in [3.63, 3.8) is 0 Å². The number of nitrogens with one attached hydrogen (secondary N) is 1. The van der Waals surface area contributed by atoms with E-state index < -0.39 is 16.1 Å². The highest BCUT2D eigenvalue weighted by Crippen LogP contribution is 2.30. The number of hydrogen-bond donors (Lipinski definition) is 1. The molecule has 0 saturated heterocycles. The molecule has 0 saturated carbocycles. The summed E-state index contributed by atoms with van der Waals surface area (Å²) in [5, 5.41) is 0.526. The first kappa shape index (κ1) is 17.7. The minimum Gasteiger partial charge on any atom is -0.207 e. The first-order valence-electron chi connectivity index (χ1n) is 7.31. The minimum absolute atomic E-state index is 0.116. The summed E-state index contributed by atoms with van der Waals surface area (Å²) in [6.07, 6.45) is 1.71. The van der Waals surface area contributed by atoms with Crippen molar-refractivity contribution in [2.45, 2.75) is 24.8 Å². The number of benzene rings is 2. The van der Waals surface area contributed by atoms with Crippen molar-refractivity contribution in [1.29, 1.82) is 0 Å². The summed E-state index contributed by atoms with van der Waals surface area (Å²) in [7, 11) is -3.65. The molecule has 0 spiro atoms. The summed E-state index contributed by atoms with van der Waals surface area (Å²) >= 11 is 6.25. The van der Waals surface area contributed by atoms with E-state index in [0.717, 1.165) is 11.1 Å². The Labute approximate surface area is 143 Å². The van der Waals surface area contributed by atoms with Crippen molar-refractivity contribution in [1.82, 2.24) is 4.72 Å². The van der Waals surface area contributed by atoms with Crippen LogP contribution in [-0.4, -0.2) is 8.42 Å². The topological polar surface area (TPSA) is 46.2 Å². The average Bonchev–Trinajstić information content (AvgIpc) is 2.53. The van der Waals surface area contributed by atoms with Crippen LogP contribution in [-0.2, 0) is 10.0 Å². The lowest BCUT2D eigenvalue weighted by atomic mass is 9.95. The molecule has 0 fully saturated rings. The highest BCUT2D eigenvalue weighted by Gasteiger charge is 2.26. The van der Waals surface area contributed by atoms with Gasteiger partial charge in [-0.2, -0.15) is 0 Å². The number of rotatable bonds is 6. The van der Waals surface area contributed by atoms with Crippen LogP contribution in [0.4, 0.5) is 0 Å². The highest BCUT2D eigenvalue weighted by atomic mass is 35.5. The Hall–Kier alpha value is -1.62. The average molecular weight is 350 g/mol. The quantitative estimate of drug-likeness (QED) is 0.781. The van der Waals surface area contributed by atoms with Gasteiger partial charge in [-0.25, -0.2) is 13.1 Å². The molecule has 2 aromatic carbocycles. The molecule has 3 nitrogen and oxygen atoms in total. The van der Waals surface area contributed by atoms with Gasteiger partial charge in [-0.15, -0.1) is 6.58 Å². The predicted molar refractivity (Wildman–Crippen MR) is 95.1 cm³/mol. The standard InChI is InChI=1S/C18H20ClNO2S/c1-4-14(3)18(16-7-5-6-8-17(16)19)20-23(21,22)15-11-9-13(2)10-12-15/h4-12,14,18,20H,1H2,2-3H3. The van der Waals surface area contributed by atoms with Gasteiger partial charge in [0.2, 0.25) is 10.0 Å². The van der Waals surface area contributed by atoms with Crippen LogP contribution in [0.3, 0.4) is 0 Å². The molecular weight excluding hydrogens is 330 g/mol. The van der Waals surface area contributed by atoms with Crippen LogP contribution < -0.4 is 4.72 Å². The molecule has 0 radical (unpaired) electrons. The van der Waals surface area contributed by atoms with Gasteiger partial charge in [0.1, 0.15) is 0 Å². The van der Waals surface area contributed by atoms with E-state index in [1.165, 1.54) is 0 Å². The maximum absolute atomic E-state index is 12.7. The predicted octanol–water partition coefficient (Wildman–Crippen LogP) is 4.49. The van der Waals surface area contributed by atoms with Gasteiger partial charge in [0.05, 0.1) is 10.9 Å². The van der Waals surface area contributed by atoms with Gasteiger partial charge >= 0.3 is 0 Å². The lowest BCUT2D eigenvalue weighted by Crippen LogP contribution is -2.32. The summed E-state index contributed by atoms with van der Waals surface area (Å²) in [6, 6.07) is 13.5. The van der Waals surface area contributed by atoms with Crippen molar-refractivity contribution in [3.8, 4) is 0 Å². The third kappa shape index (κ3) is 4.22. The molecule has 0 aromatic heterocycles. The SMILES string of the molecule is C=CC(C)C(NS(=O)(=O)c1ccc(C)cc1)c1ccccc1Cl. The van der Waals surface area contributed by atoms with E-state index in [-0.39, 0.29) is 10.8 Å². The Morgan fingerprint density at radius 1 is 1.13 bits per heavy atom. The summed E-state index contributed by atoms with van der Waals surface area (Å²) in [6.45, 7) is 7.59. The van der Waals surface area contributed by atoms with Crippen molar-refractivity contribution in [3.05, 3.63) is 77.3 Å². The van der Waals surface area contributed by atoms with Crippen LogP contribution >= 0.6 is 11.6 Å². The molecule has 2 unspecified atom stereocenters. The fraction of sp³-hybridized carbons (Fsp3) is 0.222. The van der Waals surface area contributed by atoms with Crippen molar-refractivity contribution in [2.24, 2.45) is 5.92 Å². The van der Waals surface area contributed by atoms with Gasteiger partial charge in [-0.05, 0) is 36.6 Å². The zero-order chi connectivity index (χ0) is 17.0. The first-order valence-corrected chi connectivity index (χ1v) is 9.17. The number of halogens is 1. The summed E-state index contributed by atoms with van der Waals surface area (Å²) in [5.74, 6) is -0.116. The van der Waals surface area contributed by atoms with Crippen LogP contribution in [0.2, 0.25) is 5.02 Å². The van der Waals surface area contributed by atoms with E-state index in [4.69, 9.17) is 11.6 Å². The van der Waals surface area contributed by atoms with Gasteiger partial charge in [0, 0.05) is 5.02 Å². The Bertz CT molecular complexity index is 785. The summed E-state index contributed by atoms with van der Waals surface area (Å²) in [4.78, 5) is 0.233. The van der Waals surface area contributed by atoms with E-state index in [0.29, 0.717) is 5.02 Å². The molecule has 5 heteroatoms. The fourth-order valence-corrected chi connectivity index (χ4v) is 3.83. The van der Waals surface area contributed by atoms with E-state index in [1.54, 1.807) is 36.4 Å². The molecule has 0 aliphatic heterocycles. The van der Waals surface area contributed by atoms with Crippen LogP contribution in [0.5, 0.6) is 0 Å². The zero-order valence-electron chi connectivity index (χ0n) is 13.2. The molecular formula is C18H20ClNO2S. The number of aryl methyl sites for hydroxylation is 1. The monoisotopic (exact) mass is 349 g/mol. The number of hydrogen-bond acceptors (Lipinski definition) is 2. The zero-order valence-corrected chi connectivity index (χ0v) is 14.7. The van der Waals surface area contributed by atoms with Gasteiger partial charge in [0.25, 0.3) is 0 Å². The van der Waals surface area contributed by atoms with Crippen molar-refractivity contribution >= 4 is 21.6 Å². The molecule has 0 aliphatic carbocycles. The molecule has 2 atom stereocenters. The second kappa shape index (κ2) is 7.30. The van der Waals surface area contributed by atoms with E-state index in [9.17, 15) is 8.42 Å². The van der Waals surface area contributed by atoms with E-state index in [1.807, 2.05) is 32.0 Å². The third-order valence-electron chi connectivity index (χ3n) is 3.75. The first-order chi connectivity index (χ1) is 10.8.